The van der Waals surface area contributed by atoms with Crippen LogP contribution in [0.3, 0.4) is 0 Å². The van der Waals surface area contributed by atoms with Crippen LogP contribution in [-0.4, -0.2) is 38.5 Å². The molecule has 10 heteroatoms. The minimum absolute atomic E-state index is 0.0638. The van der Waals surface area contributed by atoms with Crippen LogP contribution in [0.2, 0.25) is 0 Å². The maximum absolute atomic E-state index is 13.4. The van der Waals surface area contributed by atoms with E-state index < -0.39 is 15.6 Å². The zero-order chi connectivity index (χ0) is 23.2. The first-order valence-electron chi connectivity index (χ1n) is 10.3. The summed E-state index contributed by atoms with van der Waals surface area (Å²) in [7, 11) is -2.48. The van der Waals surface area contributed by atoms with Gasteiger partial charge in [-0.3, -0.25) is 9.59 Å². The molecule has 0 saturated carbocycles. The van der Waals surface area contributed by atoms with Crippen LogP contribution in [0.25, 0.3) is 20.9 Å². The molecular weight excluding hydrogens is 462 g/mol. The molecule has 2 aromatic carbocycles. The van der Waals surface area contributed by atoms with Gasteiger partial charge >= 0.3 is 0 Å². The Bertz CT molecular complexity index is 1560. The summed E-state index contributed by atoms with van der Waals surface area (Å²) >= 11 is 1.28. The molecule has 1 aliphatic heterocycles. The van der Waals surface area contributed by atoms with Gasteiger partial charge < -0.3 is 15.0 Å². The Kier molecular flexibility index (Phi) is 5.23. The Morgan fingerprint density at radius 2 is 1.94 bits per heavy atom. The second-order valence-electron chi connectivity index (χ2n) is 8.06. The van der Waals surface area contributed by atoms with Crippen molar-refractivity contribution < 1.29 is 17.9 Å². The minimum atomic E-state index is -4.03. The molecule has 170 valence electrons. The fourth-order valence-corrected chi connectivity index (χ4v) is 6.67. The fourth-order valence-electron chi connectivity index (χ4n) is 4.28. The van der Waals surface area contributed by atoms with Crippen molar-refractivity contribution in [2.24, 2.45) is 0 Å². The molecule has 8 nitrogen and oxygen atoms in total. The van der Waals surface area contributed by atoms with Gasteiger partial charge in [0.05, 0.1) is 16.7 Å². The number of aromatic amines is 1. The molecule has 0 aliphatic carbocycles. The molecular formula is C23H21N3O5S2. The predicted molar refractivity (Wildman–Crippen MR) is 127 cm³/mol. The zero-order valence-electron chi connectivity index (χ0n) is 17.7. The van der Waals surface area contributed by atoms with Gasteiger partial charge in [-0.2, -0.15) is 4.72 Å². The molecule has 0 spiro atoms. The smallest absolute Gasteiger partial charge is 0.265 e. The number of ether oxygens (including phenoxy) is 1. The molecule has 0 bridgehead atoms. The number of hydrogen-bond donors (Lipinski definition) is 3. The number of sulfonamides is 1. The van der Waals surface area contributed by atoms with E-state index >= 15 is 0 Å². The van der Waals surface area contributed by atoms with Gasteiger partial charge in [0.2, 0.25) is 15.9 Å². The summed E-state index contributed by atoms with van der Waals surface area (Å²) in [6, 6.07) is 12.0. The highest BCUT2D eigenvalue weighted by molar-refractivity contribution is 7.89. The molecule has 0 radical (unpaired) electrons. The van der Waals surface area contributed by atoms with Crippen LogP contribution in [-0.2, 0) is 21.2 Å². The SMILES string of the molecule is COc1ccc2ccc(S(=O)(=O)N[C@@]3(Cc4csc5c(=O)[nH]ccc45)CCNC3=O)cc2c1. The Labute approximate surface area is 193 Å². The van der Waals surface area contributed by atoms with E-state index in [1.165, 1.54) is 17.4 Å². The van der Waals surface area contributed by atoms with Crippen molar-refractivity contribution in [1.29, 1.82) is 0 Å². The van der Waals surface area contributed by atoms with Crippen LogP contribution in [0.1, 0.15) is 12.0 Å². The van der Waals surface area contributed by atoms with E-state index in [1.807, 2.05) is 17.5 Å². The fraction of sp³-hybridized carbons (Fsp3) is 0.217. The highest BCUT2D eigenvalue weighted by atomic mass is 32.2. The topological polar surface area (TPSA) is 117 Å². The number of aromatic nitrogens is 1. The zero-order valence-corrected chi connectivity index (χ0v) is 19.3. The van der Waals surface area contributed by atoms with Gasteiger partial charge in [-0.25, -0.2) is 8.42 Å². The van der Waals surface area contributed by atoms with Gasteiger partial charge in [0.1, 0.15) is 11.3 Å². The lowest BCUT2D eigenvalue weighted by Gasteiger charge is -2.27. The number of nitrogens with one attached hydrogen (secondary N) is 3. The van der Waals surface area contributed by atoms with E-state index in [0.29, 0.717) is 28.8 Å². The minimum Gasteiger partial charge on any atom is -0.497 e. The van der Waals surface area contributed by atoms with E-state index in [-0.39, 0.29) is 22.8 Å². The molecule has 1 amide bonds. The van der Waals surface area contributed by atoms with Crippen molar-refractivity contribution in [3.05, 3.63) is 70.0 Å². The van der Waals surface area contributed by atoms with Crippen molar-refractivity contribution in [1.82, 2.24) is 15.0 Å². The molecule has 1 fully saturated rings. The Morgan fingerprint density at radius 3 is 2.70 bits per heavy atom. The summed E-state index contributed by atoms with van der Waals surface area (Å²) < 4.78 is 35.3. The van der Waals surface area contributed by atoms with E-state index in [2.05, 4.69) is 15.0 Å². The number of benzene rings is 2. The maximum atomic E-state index is 13.4. The monoisotopic (exact) mass is 483 g/mol. The summed E-state index contributed by atoms with van der Waals surface area (Å²) in [4.78, 5) is 27.7. The van der Waals surface area contributed by atoms with Crippen molar-refractivity contribution in [2.75, 3.05) is 13.7 Å². The molecule has 3 N–H and O–H groups in total. The van der Waals surface area contributed by atoms with Gasteiger partial charge in [0.25, 0.3) is 5.56 Å². The third-order valence-electron chi connectivity index (χ3n) is 6.00. The summed E-state index contributed by atoms with van der Waals surface area (Å²) in [5, 5.41) is 6.87. The third-order valence-corrected chi connectivity index (χ3v) is 8.58. The maximum Gasteiger partial charge on any atom is 0.265 e. The molecule has 1 saturated heterocycles. The number of hydrogen-bond acceptors (Lipinski definition) is 6. The Hall–Kier alpha value is -3.21. The first-order chi connectivity index (χ1) is 15.8. The van der Waals surface area contributed by atoms with E-state index in [1.54, 1.807) is 37.6 Å². The predicted octanol–water partition coefficient (Wildman–Crippen LogP) is 2.53. The van der Waals surface area contributed by atoms with E-state index in [0.717, 1.165) is 16.3 Å². The average Bonchev–Trinajstić information content (AvgIpc) is 3.37. The Morgan fingerprint density at radius 1 is 1.12 bits per heavy atom. The number of carbonyl (C=O) groups is 1. The number of rotatable bonds is 6. The van der Waals surface area contributed by atoms with E-state index in [9.17, 15) is 18.0 Å². The lowest BCUT2D eigenvalue weighted by atomic mass is 9.90. The van der Waals surface area contributed by atoms with Crippen LogP contribution >= 0.6 is 11.3 Å². The van der Waals surface area contributed by atoms with Crippen LogP contribution in [0.15, 0.2) is 63.7 Å². The third kappa shape index (κ3) is 3.79. The molecule has 0 unspecified atom stereocenters. The van der Waals surface area contributed by atoms with Gasteiger partial charge in [-0.1, -0.05) is 12.1 Å². The van der Waals surface area contributed by atoms with Gasteiger partial charge in [0, 0.05) is 24.5 Å². The van der Waals surface area contributed by atoms with Crippen molar-refractivity contribution in [3.63, 3.8) is 0 Å². The number of thiophene rings is 1. The van der Waals surface area contributed by atoms with Crippen LogP contribution in [0, 0.1) is 0 Å². The molecule has 2 aromatic heterocycles. The number of methoxy groups -OCH3 is 1. The van der Waals surface area contributed by atoms with E-state index in [4.69, 9.17) is 4.74 Å². The Balaban J connectivity index is 1.53. The van der Waals surface area contributed by atoms with Crippen molar-refractivity contribution in [3.8, 4) is 5.75 Å². The summed E-state index contributed by atoms with van der Waals surface area (Å²) in [6.45, 7) is 0.360. The summed E-state index contributed by atoms with van der Waals surface area (Å²) in [5.41, 5.74) is -0.802. The van der Waals surface area contributed by atoms with Crippen molar-refractivity contribution in [2.45, 2.75) is 23.3 Å². The highest BCUT2D eigenvalue weighted by Gasteiger charge is 2.46. The molecule has 1 aliphatic rings. The highest BCUT2D eigenvalue weighted by Crippen LogP contribution is 2.31. The van der Waals surface area contributed by atoms with Gasteiger partial charge in [0.15, 0.2) is 0 Å². The van der Waals surface area contributed by atoms with Gasteiger partial charge in [-0.15, -0.1) is 11.3 Å². The molecule has 1 atom stereocenters. The lowest BCUT2D eigenvalue weighted by molar-refractivity contribution is -0.124. The molecule has 33 heavy (non-hydrogen) atoms. The second kappa shape index (κ2) is 7.98. The summed E-state index contributed by atoms with van der Waals surface area (Å²) in [6.07, 6.45) is 1.99. The average molecular weight is 484 g/mol. The van der Waals surface area contributed by atoms with Crippen LogP contribution in [0.4, 0.5) is 0 Å². The first kappa shape index (κ1) is 21.6. The second-order valence-corrected chi connectivity index (χ2v) is 10.6. The number of pyridine rings is 1. The number of carbonyl (C=O) groups excluding carboxylic acids is 1. The van der Waals surface area contributed by atoms with Crippen molar-refractivity contribution >= 4 is 48.1 Å². The summed E-state index contributed by atoms with van der Waals surface area (Å²) in [5.74, 6) is 0.244. The van der Waals surface area contributed by atoms with Gasteiger partial charge in [-0.05, 0) is 58.5 Å². The largest absolute Gasteiger partial charge is 0.497 e. The molecule has 3 heterocycles. The molecule has 4 aromatic rings. The number of fused-ring (bicyclic) bond motifs is 2. The van der Waals surface area contributed by atoms with Crippen LogP contribution < -0.4 is 20.3 Å². The number of amides is 1. The lowest BCUT2D eigenvalue weighted by Crippen LogP contribution is -2.55. The normalized spacial score (nSPS) is 18.6. The molecule has 5 rings (SSSR count). The van der Waals surface area contributed by atoms with Crippen LogP contribution in [0.5, 0.6) is 5.75 Å². The first-order valence-corrected chi connectivity index (χ1v) is 12.7. The standard InChI is InChI=1S/C23H21N3O5S2/c1-31-17-4-2-14-3-5-18(11-15(14)10-17)33(29,30)26-23(7-9-25-22(23)28)12-16-13-32-20-19(16)6-8-24-21(20)27/h2-6,8,10-11,13,26H,7,9,12H2,1H3,(H,24,27)(H,25,28)/t23-/m1/s1. The quantitative estimate of drug-likeness (QED) is 0.390. The number of H-pyrrole nitrogens is 1.